The van der Waals surface area contributed by atoms with Gasteiger partial charge in [0.25, 0.3) is 0 Å². The van der Waals surface area contributed by atoms with Crippen molar-refractivity contribution in [2.24, 2.45) is 5.92 Å². The highest BCUT2D eigenvalue weighted by Gasteiger charge is 2.39. The summed E-state index contributed by atoms with van der Waals surface area (Å²) in [7, 11) is 0. The lowest BCUT2D eigenvalue weighted by atomic mass is 9.77. The van der Waals surface area contributed by atoms with E-state index in [-0.39, 0.29) is 11.5 Å². The first-order valence-corrected chi connectivity index (χ1v) is 5.42. The summed E-state index contributed by atoms with van der Waals surface area (Å²) in [6.45, 7) is 3.12. The normalized spacial score (nSPS) is 30.4. The fraction of sp³-hybridized carbons (Fsp3) is 0.500. The topological polar surface area (TPSA) is 32.3 Å². The molecule has 1 aromatic rings. The zero-order chi connectivity index (χ0) is 11.8. The van der Waals surface area contributed by atoms with Crippen LogP contribution in [0.25, 0.3) is 0 Å². The Hall–Kier alpha value is -1.00. The number of benzene rings is 1. The maximum atomic E-state index is 13.6. The molecule has 0 amide bonds. The number of piperidine rings is 1. The Kier molecular flexibility index (Phi) is 2.95. The fourth-order valence-corrected chi connectivity index (χ4v) is 2.25. The third-order valence-corrected chi connectivity index (χ3v) is 3.35. The summed E-state index contributed by atoms with van der Waals surface area (Å²) < 4.78 is 26.4. The molecule has 2 atom stereocenters. The highest BCUT2D eigenvalue weighted by Crippen LogP contribution is 2.36. The van der Waals surface area contributed by atoms with Crippen LogP contribution >= 0.6 is 0 Å². The SMILES string of the molecule is CC1CNCCC1(O)c1ccc(F)cc1F. The van der Waals surface area contributed by atoms with Crippen LogP contribution in [0.5, 0.6) is 0 Å². The zero-order valence-electron chi connectivity index (χ0n) is 9.13. The molecule has 2 N–H and O–H groups in total. The molecule has 0 bridgehead atoms. The molecule has 0 spiro atoms. The molecule has 0 saturated carbocycles. The lowest BCUT2D eigenvalue weighted by Gasteiger charge is -2.39. The highest BCUT2D eigenvalue weighted by atomic mass is 19.1. The monoisotopic (exact) mass is 227 g/mol. The molecule has 0 radical (unpaired) electrons. The molecule has 1 aliphatic heterocycles. The second-order valence-electron chi connectivity index (χ2n) is 4.40. The molecular formula is C12H15F2NO. The number of hydrogen-bond acceptors (Lipinski definition) is 2. The molecule has 0 aliphatic carbocycles. The Bertz CT molecular complexity index is 397. The summed E-state index contributed by atoms with van der Waals surface area (Å²) in [5.74, 6) is -1.39. The third kappa shape index (κ3) is 1.83. The summed E-state index contributed by atoms with van der Waals surface area (Å²) in [4.78, 5) is 0. The average molecular weight is 227 g/mol. The van der Waals surface area contributed by atoms with Crippen molar-refractivity contribution in [2.45, 2.75) is 18.9 Å². The lowest BCUT2D eigenvalue weighted by Crippen LogP contribution is -2.47. The van der Waals surface area contributed by atoms with Crippen LogP contribution < -0.4 is 5.32 Å². The number of hydrogen-bond donors (Lipinski definition) is 2. The number of rotatable bonds is 1. The Labute approximate surface area is 93.3 Å². The first kappa shape index (κ1) is 11.5. The van der Waals surface area contributed by atoms with Crippen LogP contribution in [0, 0.1) is 17.6 Å². The van der Waals surface area contributed by atoms with Crippen molar-refractivity contribution in [1.29, 1.82) is 0 Å². The zero-order valence-corrected chi connectivity index (χ0v) is 9.13. The van der Waals surface area contributed by atoms with Crippen molar-refractivity contribution in [3.63, 3.8) is 0 Å². The smallest absolute Gasteiger partial charge is 0.132 e. The summed E-state index contributed by atoms with van der Waals surface area (Å²) in [5, 5.41) is 13.6. The van der Waals surface area contributed by atoms with Crippen molar-refractivity contribution in [2.75, 3.05) is 13.1 Å². The van der Waals surface area contributed by atoms with Gasteiger partial charge in [0.05, 0.1) is 5.60 Å². The van der Waals surface area contributed by atoms with Crippen LogP contribution in [0.1, 0.15) is 18.9 Å². The standard InChI is InChI=1S/C12H15F2NO/c1-8-7-15-5-4-12(8,16)10-3-2-9(13)6-11(10)14/h2-3,6,8,15-16H,4-5,7H2,1H3. The molecule has 4 heteroatoms. The van der Waals surface area contributed by atoms with E-state index < -0.39 is 17.2 Å². The van der Waals surface area contributed by atoms with Gasteiger partial charge >= 0.3 is 0 Å². The minimum absolute atomic E-state index is 0.0961. The van der Waals surface area contributed by atoms with Gasteiger partial charge in [0.1, 0.15) is 11.6 Å². The van der Waals surface area contributed by atoms with Gasteiger partial charge in [-0.05, 0) is 19.0 Å². The fourth-order valence-electron chi connectivity index (χ4n) is 2.25. The maximum absolute atomic E-state index is 13.6. The molecule has 1 aromatic carbocycles. The van der Waals surface area contributed by atoms with Crippen LogP contribution in [0.3, 0.4) is 0 Å². The van der Waals surface area contributed by atoms with Crippen LogP contribution in [0.2, 0.25) is 0 Å². The Balaban J connectivity index is 2.41. The van der Waals surface area contributed by atoms with E-state index in [1.54, 1.807) is 0 Å². The molecule has 88 valence electrons. The van der Waals surface area contributed by atoms with E-state index in [2.05, 4.69) is 5.32 Å². The van der Waals surface area contributed by atoms with Gasteiger partial charge < -0.3 is 10.4 Å². The third-order valence-electron chi connectivity index (χ3n) is 3.35. The largest absolute Gasteiger partial charge is 0.385 e. The average Bonchev–Trinajstić information content (AvgIpc) is 2.22. The second kappa shape index (κ2) is 4.11. The predicted molar refractivity (Wildman–Crippen MR) is 56.9 cm³/mol. The summed E-state index contributed by atoms with van der Waals surface area (Å²) >= 11 is 0. The predicted octanol–water partition coefficient (Wildman–Crippen LogP) is 1.78. The molecule has 1 saturated heterocycles. The van der Waals surface area contributed by atoms with E-state index in [4.69, 9.17) is 0 Å². The summed E-state index contributed by atoms with van der Waals surface area (Å²) in [6.07, 6.45) is 0.441. The molecular weight excluding hydrogens is 212 g/mol. The second-order valence-corrected chi connectivity index (χ2v) is 4.40. The Morgan fingerprint density at radius 2 is 2.19 bits per heavy atom. The van der Waals surface area contributed by atoms with E-state index in [1.807, 2.05) is 6.92 Å². The van der Waals surface area contributed by atoms with Crippen LogP contribution in [-0.2, 0) is 5.60 Å². The molecule has 1 aliphatic rings. The van der Waals surface area contributed by atoms with Gasteiger partial charge in [-0.15, -0.1) is 0 Å². The molecule has 16 heavy (non-hydrogen) atoms. The summed E-state index contributed by atoms with van der Waals surface area (Å²) in [6, 6.07) is 3.35. The Morgan fingerprint density at radius 3 is 2.81 bits per heavy atom. The minimum atomic E-state index is -1.19. The number of halogens is 2. The van der Waals surface area contributed by atoms with Crippen LogP contribution in [0.4, 0.5) is 8.78 Å². The first-order valence-electron chi connectivity index (χ1n) is 5.42. The van der Waals surface area contributed by atoms with Gasteiger partial charge in [-0.25, -0.2) is 8.78 Å². The van der Waals surface area contributed by atoms with Gasteiger partial charge in [0.2, 0.25) is 0 Å². The molecule has 0 aromatic heterocycles. The molecule has 2 rings (SSSR count). The van der Waals surface area contributed by atoms with E-state index in [9.17, 15) is 13.9 Å². The van der Waals surface area contributed by atoms with Crippen molar-refractivity contribution in [1.82, 2.24) is 5.32 Å². The van der Waals surface area contributed by atoms with Gasteiger partial charge in [-0.3, -0.25) is 0 Å². The quantitative estimate of drug-likeness (QED) is 0.766. The van der Waals surface area contributed by atoms with E-state index in [1.165, 1.54) is 12.1 Å². The molecule has 1 fully saturated rings. The van der Waals surface area contributed by atoms with Gasteiger partial charge in [0, 0.05) is 24.1 Å². The molecule has 2 nitrogen and oxygen atoms in total. The molecule has 1 heterocycles. The first-order chi connectivity index (χ1) is 7.54. The Morgan fingerprint density at radius 1 is 1.44 bits per heavy atom. The van der Waals surface area contributed by atoms with E-state index in [0.29, 0.717) is 19.5 Å². The highest BCUT2D eigenvalue weighted by molar-refractivity contribution is 5.26. The summed E-state index contributed by atoms with van der Waals surface area (Å²) in [5.41, 5.74) is -0.994. The van der Waals surface area contributed by atoms with Gasteiger partial charge in [-0.2, -0.15) is 0 Å². The van der Waals surface area contributed by atoms with Crippen molar-refractivity contribution >= 4 is 0 Å². The van der Waals surface area contributed by atoms with Crippen molar-refractivity contribution in [3.8, 4) is 0 Å². The van der Waals surface area contributed by atoms with Crippen molar-refractivity contribution in [3.05, 3.63) is 35.4 Å². The van der Waals surface area contributed by atoms with E-state index >= 15 is 0 Å². The maximum Gasteiger partial charge on any atom is 0.132 e. The van der Waals surface area contributed by atoms with E-state index in [0.717, 1.165) is 6.07 Å². The lowest BCUT2D eigenvalue weighted by molar-refractivity contribution is -0.0420. The molecule has 2 unspecified atom stereocenters. The van der Waals surface area contributed by atoms with Crippen LogP contribution in [-0.4, -0.2) is 18.2 Å². The van der Waals surface area contributed by atoms with Crippen molar-refractivity contribution < 1.29 is 13.9 Å². The number of aliphatic hydroxyl groups is 1. The van der Waals surface area contributed by atoms with Gasteiger partial charge in [-0.1, -0.05) is 13.0 Å². The van der Waals surface area contributed by atoms with Gasteiger partial charge in [0.15, 0.2) is 0 Å². The number of nitrogens with one attached hydrogen (secondary N) is 1. The minimum Gasteiger partial charge on any atom is -0.385 e. The van der Waals surface area contributed by atoms with Crippen LogP contribution in [0.15, 0.2) is 18.2 Å².